The quantitative estimate of drug-likeness (QED) is 0.676. The van der Waals surface area contributed by atoms with Gasteiger partial charge >= 0.3 is 6.29 Å². The summed E-state index contributed by atoms with van der Waals surface area (Å²) in [6.07, 6.45) is -3.70. The summed E-state index contributed by atoms with van der Waals surface area (Å²) in [7, 11) is 0. The Labute approximate surface area is 165 Å². The van der Waals surface area contributed by atoms with E-state index in [1.165, 1.54) is 51.8 Å². The Morgan fingerprint density at radius 3 is 2.93 bits per heavy atom. The lowest BCUT2D eigenvalue weighted by molar-refractivity contribution is -0.286. The van der Waals surface area contributed by atoms with E-state index in [1.54, 1.807) is 0 Å². The van der Waals surface area contributed by atoms with Crippen LogP contribution in [0.25, 0.3) is 4.96 Å². The van der Waals surface area contributed by atoms with Crippen LogP contribution in [0.1, 0.15) is 11.4 Å². The first-order valence-corrected chi connectivity index (χ1v) is 10.1. The zero-order valence-corrected chi connectivity index (χ0v) is 16.0. The molecular formula is C17H13F2N3O4S2. The van der Waals surface area contributed by atoms with Gasteiger partial charge in [-0.3, -0.25) is 14.0 Å². The highest BCUT2D eigenvalue weighted by Crippen LogP contribution is 2.42. The van der Waals surface area contributed by atoms with Gasteiger partial charge in [-0.15, -0.1) is 31.9 Å². The maximum absolute atomic E-state index is 13.0. The number of carbonyl (C=O) groups excluding carboxylic acids is 1. The molecule has 2 aromatic heterocycles. The number of carbonyl (C=O) groups is 1. The largest absolute Gasteiger partial charge is 0.586 e. The minimum absolute atomic E-state index is 0.0889. The highest BCUT2D eigenvalue weighted by atomic mass is 32.2. The number of anilines is 1. The van der Waals surface area contributed by atoms with E-state index in [9.17, 15) is 18.4 Å². The molecule has 3 heterocycles. The fourth-order valence-electron chi connectivity index (χ4n) is 2.65. The number of hydrogen-bond acceptors (Lipinski definition) is 7. The van der Waals surface area contributed by atoms with Crippen LogP contribution in [0, 0.1) is 6.92 Å². The molecule has 1 aromatic carbocycles. The molecule has 0 unspecified atom stereocenters. The molecule has 3 aromatic rings. The molecule has 0 saturated carbocycles. The Balaban J connectivity index is 1.34. The third-order valence-electron chi connectivity index (χ3n) is 3.80. The number of fused-ring (bicyclic) bond motifs is 2. The predicted molar refractivity (Wildman–Crippen MR) is 102 cm³/mol. The number of nitrogens with one attached hydrogen (secondary N) is 1. The predicted octanol–water partition coefficient (Wildman–Crippen LogP) is 3.26. The van der Waals surface area contributed by atoms with Crippen LogP contribution in [-0.2, 0) is 10.5 Å². The lowest BCUT2D eigenvalue weighted by Crippen LogP contribution is -2.25. The fourth-order valence-corrected chi connectivity index (χ4v) is 4.25. The fraction of sp³-hybridized carbons (Fsp3) is 0.235. The summed E-state index contributed by atoms with van der Waals surface area (Å²) in [4.78, 5) is 29.2. The van der Waals surface area contributed by atoms with Crippen LogP contribution in [-0.4, -0.2) is 27.3 Å². The van der Waals surface area contributed by atoms with Gasteiger partial charge in [0.15, 0.2) is 16.5 Å². The van der Waals surface area contributed by atoms with E-state index in [1.807, 2.05) is 12.3 Å². The van der Waals surface area contributed by atoms with Crippen LogP contribution >= 0.6 is 23.1 Å². The van der Waals surface area contributed by atoms with Crippen LogP contribution in [0.5, 0.6) is 11.5 Å². The van der Waals surface area contributed by atoms with Gasteiger partial charge in [-0.25, -0.2) is 4.98 Å². The summed E-state index contributed by atoms with van der Waals surface area (Å²) in [5.74, 6) is -0.0486. The average molecular weight is 425 g/mol. The molecule has 0 atom stereocenters. The van der Waals surface area contributed by atoms with Crippen molar-refractivity contribution in [1.29, 1.82) is 0 Å². The Bertz CT molecular complexity index is 1130. The Hall–Kier alpha value is -2.66. The van der Waals surface area contributed by atoms with Crippen molar-refractivity contribution >= 4 is 39.7 Å². The lowest BCUT2D eigenvalue weighted by Gasteiger charge is -2.06. The molecule has 1 N–H and O–H groups in total. The summed E-state index contributed by atoms with van der Waals surface area (Å²) in [6, 6.07) is 5.47. The summed E-state index contributed by atoms with van der Waals surface area (Å²) in [5, 5.41) is 4.46. The zero-order chi connectivity index (χ0) is 19.9. The smallest absolute Gasteiger partial charge is 0.395 e. The number of benzene rings is 1. The summed E-state index contributed by atoms with van der Waals surface area (Å²) < 4.78 is 36.2. The molecule has 0 bridgehead atoms. The molecule has 11 heteroatoms. The van der Waals surface area contributed by atoms with Crippen molar-refractivity contribution in [2.75, 3.05) is 11.1 Å². The minimum atomic E-state index is -3.70. The van der Waals surface area contributed by atoms with Crippen molar-refractivity contribution in [2.24, 2.45) is 0 Å². The van der Waals surface area contributed by atoms with E-state index >= 15 is 0 Å². The number of nitrogens with zero attached hydrogens (tertiary/aromatic N) is 2. The number of hydrogen-bond donors (Lipinski definition) is 1. The summed E-state index contributed by atoms with van der Waals surface area (Å²) in [6.45, 7) is 1.84. The topological polar surface area (TPSA) is 81.9 Å². The number of rotatable bonds is 5. The Morgan fingerprint density at radius 1 is 1.32 bits per heavy atom. The van der Waals surface area contributed by atoms with Crippen molar-refractivity contribution < 1.29 is 23.0 Å². The van der Waals surface area contributed by atoms with Crippen molar-refractivity contribution in [3.8, 4) is 11.5 Å². The molecule has 0 fully saturated rings. The van der Waals surface area contributed by atoms with Gasteiger partial charge in [0.2, 0.25) is 5.91 Å². The van der Waals surface area contributed by atoms with Gasteiger partial charge in [0.1, 0.15) is 0 Å². The zero-order valence-electron chi connectivity index (χ0n) is 14.4. The van der Waals surface area contributed by atoms with E-state index in [-0.39, 0.29) is 28.7 Å². The molecule has 0 saturated heterocycles. The molecule has 0 radical (unpaired) electrons. The molecule has 0 spiro atoms. The highest BCUT2D eigenvalue weighted by Gasteiger charge is 2.43. The molecule has 28 heavy (non-hydrogen) atoms. The summed E-state index contributed by atoms with van der Waals surface area (Å²) >= 11 is 2.67. The maximum atomic E-state index is 13.0. The third-order valence-corrected chi connectivity index (χ3v) is 5.71. The summed E-state index contributed by atoms with van der Waals surface area (Å²) in [5.41, 5.74) is 1.59. The molecule has 1 amide bonds. The normalized spacial score (nSPS) is 14.4. The van der Waals surface area contributed by atoms with E-state index in [0.29, 0.717) is 22.1 Å². The van der Waals surface area contributed by atoms with Crippen molar-refractivity contribution in [2.45, 2.75) is 19.0 Å². The monoisotopic (exact) mass is 425 g/mol. The van der Waals surface area contributed by atoms with Crippen molar-refractivity contribution in [1.82, 2.24) is 9.38 Å². The molecular weight excluding hydrogens is 412 g/mol. The van der Waals surface area contributed by atoms with Gasteiger partial charge in [-0.1, -0.05) is 0 Å². The van der Waals surface area contributed by atoms with Crippen molar-refractivity contribution in [3.05, 3.63) is 51.4 Å². The van der Waals surface area contributed by atoms with E-state index in [2.05, 4.69) is 19.8 Å². The number of amides is 1. The molecule has 1 aliphatic rings. The SMILES string of the molecule is Cc1csc2nc(CSCC(=O)Nc3ccc4c(c3)OC(F)(F)O4)cc(=O)n12. The van der Waals surface area contributed by atoms with Gasteiger partial charge in [0.05, 0.1) is 11.4 Å². The Morgan fingerprint density at radius 2 is 2.11 bits per heavy atom. The number of aryl methyl sites for hydroxylation is 1. The van der Waals surface area contributed by atoms with Gasteiger partial charge < -0.3 is 14.8 Å². The molecule has 7 nitrogen and oxygen atoms in total. The second-order valence-electron chi connectivity index (χ2n) is 5.95. The lowest BCUT2D eigenvalue weighted by atomic mass is 10.3. The molecule has 146 valence electrons. The third kappa shape index (κ3) is 3.80. The highest BCUT2D eigenvalue weighted by molar-refractivity contribution is 7.99. The first-order valence-electron chi connectivity index (χ1n) is 8.05. The van der Waals surface area contributed by atoms with Crippen molar-refractivity contribution in [3.63, 3.8) is 0 Å². The van der Waals surface area contributed by atoms with Crippen LogP contribution in [0.15, 0.2) is 34.4 Å². The molecule has 4 rings (SSSR count). The van der Waals surface area contributed by atoms with E-state index in [4.69, 9.17) is 0 Å². The average Bonchev–Trinajstić information content (AvgIpc) is 3.13. The maximum Gasteiger partial charge on any atom is 0.586 e. The number of ether oxygens (including phenoxy) is 2. The van der Waals surface area contributed by atoms with Crippen LogP contribution < -0.4 is 20.3 Å². The number of alkyl halides is 2. The van der Waals surface area contributed by atoms with Gasteiger partial charge in [-0.05, 0) is 19.1 Å². The van der Waals surface area contributed by atoms with E-state index < -0.39 is 6.29 Å². The second kappa shape index (κ2) is 7.06. The first-order chi connectivity index (χ1) is 13.3. The van der Waals surface area contributed by atoms with Gasteiger partial charge in [0.25, 0.3) is 5.56 Å². The molecule has 0 aliphatic carbocycles. The minimum Gasteiger partial charge on any atom is -0.395 e. The molecule has 1 aliphatic heterocycles. The van der Waals surface area contributed by atoms with Crippen LogP contribution in [0.4, 0.5) is 14.5 Å². The number of thiazole rings is 1. The van der Waals surface area contributed by atoms with Crippen LogP contribution in [0.3, 0.4) is 0 Å². The number of thioether (sulfide) groups is 1. The number of halogens is 2. The van der Waals surface area contributed by atoms with Gasteiger partial charge in [-0.2, -0.15) is 0 Å². The Kier molecular flexibility index (Phi) is 4.71. The second-order valence-corrected chi connectivity index (χ2v) is 7.77. The standard InChI is InChI=1S/C17H13F2N3O4S2/c1-9-6-28-16-21-11(5-15(24)22(9)16)7-27-8-14(23)20-10-2-3-12-13(4-10)26-17(18,19)25-12/h2-6H,7-8H2,1H3,(H,20,23). The van der Waals surface area contributed by atoms with Gasteiger partial charge in [0, 0.05) is 34.6 Å². The first kappa shape index (κ1) is 18.7. The van der Waals surface area contributed by atoms with Crippen LogP contribution in [0.2, 0.25) is 0 Å². The van der Waals surface area contributed by atoms with E-state index in [0.717, 1.165) is 5.69 Å². The number of aromatic nitrogens is 2.